The number of fused-ring (bicyclic) bond motifs is 3. The molecule has 1 aromatic carbocycles. The van der Waals surface area contributed by atoms with E-state index in [1.807, 2.05) is 12.1 Å². The first kappa shape index (κ1) is 17.7. The van der Waals surface area contributed by atoms with E-state index in [1.54, 1.807) is 6.07 Å². The van der Waals surface area contributed by atoms with Crippen molar-refractivity contribution in [3.63, 3.8) is 0 Å². The van der Waals surface area contributed by atoms with Crippen molar-refractivity contribution in [1.82, 2.24) is 0 Å². The smallest absolute Gasteiger partial charge is 0.269 e. The fraction of sp³-hybridized carbons (Fsp3) is 0.375. The molecule has 30 heavy (non-hydrogen) atoms. The van der Waals surface area contributed by atoms with Crippen LogP contribution in [0.5, 0.6) is 5.75 Å². The summed E-state index contributed by atoms with van der Waals surface area (Å²) in [7, 11) is 2.72. The number of Topliss-reactive ketones (excluding diaryl/α,β-unsaturated/α-hetero) is 3. The maximum Gasteiger partial charge on any atom is 0.269 e. The monoisotopic (exact) mass is 404 g/mol. The van der Waals surface area contributed by atoms with Crippen LogP contribution < -0.4 is 4.74 Å². The van der Waals surface area contributed by atoms with Crippen LogP contribution in [-0.2, 0) is 24.5 Å². The van der Waals surface area contributed by atoms with E-state index >= 15 is 0 Å². The SMILES string of the molecule is COC1=CC(=C2Oc3cc(C45CCCC6C4C65)ccc3C(=O)C2=O)C=C(OC)C1=O. The third-order valence-corrected chi connectivity index (χ3v) is 7.49. The molecule has 152 valence electrons. The lowest BCUT2D eigenvalue weighted by atomic mass is 9.71. The van der Waals surface area contributed by atoms with Gasteiger partial charge in [-0.1, -0.05) is 12.5 Å². The quantitative estimate of drug-likeness (QED) is 0.569. The standard InChI is InChI=1S/C24H20O6/c1-28-16-8-11(9-17(29-2)21(16)26)23-22(27)20(25)13-6-5-12(10-15(13)30-23)24-7-3-4-14-18(24)19(14)24/h5-6,8-10,14,18-19H,3-4,7H2,1-2H3. The van der Waals surface area contributed by atoms with E-state index < -0.39 is 17.3 Å². The van der Waals surface area contributed by atoms with Gasteiger partial charge in [0.05, 0.1) is 19.8 Å². The molecule has 0 bridgehead atoms. The van der Waals surface area contributed by atoms with E-state index in [4.69, 9.17) is 14.2 Å². The number of hydrogen-bond donors (Lipinski definition) is 0. The van der Waals surface area contributed by atoms with Crippen molar-refractivity contribution in [2.45, 2.75) is 24.7 Å². The van der Waals surface area contributed by atoms with Gasteiger partial charge in [-0.2, -0.15) is 0 Å². The molecule has 4 aliphatic carbocycles. The molecule has 2 atom stereocenters. The summed E-state index contributed by atoms with van der Waals surface area (Å²) < 4.78 is 16.2. The van der Waals surface area contributed by atoms with E-state index in [0.29, 0.717) is 5.75 Å². The summed E-state index contributed by atoms with van der Waals surface area (Å²) in [5, 5.41) is 0. The molecule has 1 aromatic rings. The minimum Gasteiger partial charge on any atom is -0.492 e. The zero-order chi connectivity index (χ0) is 20.8. The molecule has 6 heteroatoms. The van der Waals surface area contributed by atoms with Crippen LogP contribution in [0, 0.1) is 17.8 Å². The molecule has 0 aromatic heterocycles. The van der Waals surface area contributed by atoms with Gasteiger partial charge in [0.2, 0.25) is 5.78 Å². The average molecular weight is 404 g/mol. The van der Waals surface area contributed by atoms with E-state index in [0.717, 1.165) is 17.8 Å². The van der Waals surface area contributed by atoms with Crippen LogP contribution in [-0.4, -0.2) is 31.6 Å². The molecule has 0 radical (unpaired) electrons. The van der Waals surface area contributed by atoms with Crippen molar-refractivity contribution < 1.29 is 28.6 Å². The molecular weight excluding hydrogens is 384 g/mol. The Labute approximate surface area is 173 Å². The molecule has 6 rings (SSSR count). The number of carbonyl (C=O) groups excluding carboxylic acids is 3. The molecule has 5 aliphatic rings. The number of ether oxygens (including phenoxy) is 3. The number of hydrogen-bond acceptors (Lipinski definition) is 6. The van der Waals surface area contributed by atoms with Gasteiger partial charge in [0, 0.05) is 11.0 Å². The predicted molar refractivity (Wildman–Crippen MR) is 105 cm³/mol. The zero-order valence-electron chi connectivity index (χ0n) is 16.7. The highest BCUT2D eigenvalue weighted by molar-refractivity contribution is 6.50. The molecule has 0 spiro atoms. The van der Waals surface area contributed by atoms with Crippen molar-refractivity contribution in [3.8, 4) is 5.75 Å². The second kappa shape index (κ2) is 5.72. The van der Waals surface area contributed by atoms with Gasteiger partial charge in [-0.15, -0.1) is 0 Å². The molecular formula is C24H20O6. The lowest BCUT2D eigenvalue weighted by Crippen LogP contribution is -2.30. The summed E-state index contributed by atoms with van der Waals surface area (Å²) in [5.41, 5.74) is 2.02. The van der Waals surface area contributed by atoms with Crippen molar-refractivity contribution in [1.29, 1.82) is 0 Å². The Bertz CT molecular complexity index is 1110. The second-order valence-corrected chi connectivity index (χ2v) is 8.66. The van der Waals surface area contributed by atoms with Gasteiger partial charge in [-0.05, 0) is 60.4 Å². The van der Waals surface area contributed by atoms with Crippen LogP contribution in [0.4, 0.5) is 0 Å². The van der Waals surface area contributed by atoms with Gasteiger partial charge in [0.1, 0.15) is 5.75 Å². The number of methoxy groups -OCH3 is 2. The van der Waals surface area contributed by atoms with Gasteiger partial charge in [0.25, 0.3) is 11.6 Å². The Balaban J connectivity index is 1.43. The zero-order valence-corrected chi connectivity index (χ0v) is 16.7. The fourth-order valence-corrected chi connectivity index (χ4v) is 6.04. The number of ketones is 3. The first-order valence-electron chi connectivity index (χ1n) is 10.2. The fourth-order valence-electron chi connectivity index (χ4n) is 6.04. The Morgan fingerprint density at radius 2 is 1.67 bits per heavy atom. The van der Waals surface area contributed by atoms with Crippen LogP contribution in [0.25, 0.3) is 0 Å². The second-order valence-electron chi connectivity index (χ2n) is 8.66. The van der Waals surface area contributed by atoms with E-state index in [2.05, 4.69) is 0 Å². The van der Waals surface area contributed by atoms with E-state index in [9.17, 15) is 14.4 Å². The van der Waals surface area contributed by atoms with Crippen LogP contribution in [0.15, 0.2) is 53.2 Å². The molecule has 0 N–H and O–H groups in total. The van der Waals surface area contributed by atoms with Crippen LogP contribution >= 0.6 is 0 Å². The van der Waals surface area contributed by atoms with Crippen molar-refractivity contribution in [2.24, 2.45) is 17.8 Å². The van der Waals surface area contributed by atoms with Crippen LogP contribution in [0.3, 0.4) is 0 Å². The number of rotatable bonds is 3. The van der Waals surface area contributed by atoms with Crippen molar-refractivity contribution in [3.05, 3.63) is 64.3 Å². The average Bonchev–Trinajstić information content (AvgIpc) is 3.68. The summed E-state index contributed by atoms with van der Waals surface area (Å²) >= 11 is 0. The lowest BCUT2D eigenvalue weighted by Gasteiger charge is -2.33. The van der Waals surface area contributed by atoms with Gasteiger partial charge in [-0.25, -0.2) is 0 Å². The van der Waals surface area contributed by atoms with Gasteiger partial charge in [0.15, 0.2) is 17.3 Å². The third kappa shape index (κ3) is 2.06. The summed E-state index contributed by atoms with van der Waals surface area (Å²) in [6.45, 7) is 0. The Morgan fingerprint density at radius 3 is 2.30 bits per heavy atom. The van der Waals surface area contributed by atoms with Crippen LogP contribution in [0.1, 0.15) is 35.2 Å². The molecule has 0 saturated heterocycles. The number of allylic oxidation sites excluding steroid dienone is 4. The molecule has 3 fully saturated rings. The molecule has 2 unspecified atom stereocenters. The van der Waals surface area contributed by atoms with Gasteiger partial charge >= 0.3 is 0 Å². The Morgan fingerprint density at radius 1 is 0.967 bits per heavy atom. The molecule has 0 amide bonds. The topological polar surface area (TPSA) is 78.9 Å². The van der Waals surface area contributed by atoms with Gasteiger partial charge in [-0.3, -0.25) is 14.4 Å². The summed E-state index contributed by atoms with van der Waals surface area (Å²) in [4.78, 5) is 37.8. The van der Waals surface area contributed by atoms with Crippen molar-refractivity contribution >= 4 is 17.3 Å². The minimum absolute atomic E-state index is 0.0189. The third-order valence-electron chi connectivity index (χ3n) is 7.49. The molecule has 3 saturated carbocycles. The first-order valence-corrected chi connectivity index (χ1v) is 10.2. The highest BCUT2D eigenvalue weighted by atomic mass is 16.5. The highest BCUT2D eigenvalue weighted by Gasteiger charge is 2.84. The Hall–Kier alpha value is -3.15. The number of carbonyl (C=O) groups is 3. The first-order chi connectivity index (χ1) is 14.5. The van der Waals surface area contributed by atoms with Crippen molar-refractivity contribution in [2.75, 3.05) is 14.2 Å². The summed E-state index contributed by atoms with van der Waals surface area (Å²) in [6.07, 6.45) is 6.57. The largest absolute Gasteiger partial charge is 0.492 e. The Kier molecular flexibility index (Phi) is 3.37. The van der Waals surface area contributed by atoms with E-state index in [-0.39, 0.29) is 33.8 Å². The minimum atomic E-state index is -0.747. The van der Waals surface area contributed by atoms with E-state index in [1.165, 1.54) is 51.2 Å². The molecule has 1 aliphatic heterocycles. The van der Waals surface area contributed by atoms with Crippen LogP contribution in [0.2, 0.25) is 0 Å². The van der Waals surface area contributed by atoms with Gasteiger partial charge < -0.3 is 14.2 Å². The summed E-state index contributed by atoms with van der Waals surface area (Å²) in [6, 6.07) is 5.65. The normalized spacial score (nSPS) is 33.1. The predicted octanol–water partition coefficient (Wildman–Crippen LogP) is 3.03. The number of benzene rings is 1. The lowest BCUT2D eigenvalue weighted by molar-refractivity contribution is -0.118. The highest BCUT2D eigenvalue weighted by Crippen LogP contribution is 2.86. The maximum absolute atomic E-state index is 12.8. The molecule has 6 nitrogen and oxygen atoms in total. The summed E-state index contributed by atoms with van der Waals surface area (Å²) in [5.74, 6) is 0.993. The molecule has 1 heterocycles. The maximum atomic E-state index is 12.8.